The molecule has 0 atom stereocenters. The Morgan fingerprint density at radius 1 is 1.25 bits per heavy atom. The molecule has 0 unspecified atom stereocenters. The summed E-state index contributed by atoms with van der Waals surface area (Å²) in [6.07, 6.45) is 1.48. The molecule has 3 aromatic rings. The fourth-order valence-electron chi connectivity index (χ4n) is 2.79. The van der Waals surface area contributed by atoms with Gasteiger partial charge in [0.05, 0.1) is 17.1 Å². The Kier molecular flexibility index (Phi) is 4.21. The summed E-state index contributed by atoms with van der Waals surface area (Å²) in [4.78, 5) is 8.62. The van der Waals surface area contributed by atoms with Crippen LogP contribution in [0.5, 0.6) is 5.75 Å². The van der Waals surface area contributed by atoms with Crippen molar-refractivity contribution in [2.75, 3.05) is 12.8 Å². The topological polar surface area (TPSA) is 66.0 Å². The highest BCUT2D eigenvalue weighted by Gasteiger charge is 2.27. The quantitative estimate of drug-likeness (QED) is 0.656. The van der Waals surface area contributed by atoms with Gasteiger partial charge in [0, 0.05) is 21.7 Å². The van der Waals surface area contributed by atoms with Crippen molar-refractivity contribution in [3.05, 3.63) is 34.2 Å². The number of benzene rings is 1. The Morgan fingerprint density at radius 3 is 2.58 bits per heavy atom. The van der Waals surface area contributed by atoms with Gasteiger partial charge in [0.25, 0.3) is 0 Å². The second kappa shape index (κ2) is 5.93. The van der Waals surface area contributed by atoms with Crippen molar-refractivity contribution in [3.63, 3.8) is 0 Å². The van der Waals surface area contributed by atoms with E-state index in [2.05, 4.69) is 51.2 Å². The summed E-state index contributed by atoms with van der Waals surface area (Å²) in [5, 5.41) is 1.38. The summed E-state index contributed by atoms with van der Waals surface area (Å²) in [7, 11) is 1.62. The van der Waals surface area contributed by atoms with Crippen molar-refractivity contribution < 1.29 is 4.74 Å². The van der Waals surface area contributed by atoms with Crippen LogP contribution in [0.15, 0.2) is 29.1 Å². The average molecular weight is 410 g/mol. The minimum Gasteiger partial charge on any atom is -0.497 e. The predicted molar refractivity (Wildman–Crippen MR) is 102 cm³/mol. The zero-order valence-electron chi connectivity index (χ0n) is 13.9. The Bertz CT molecular complexity index is 930. The van der Waals surface area contributed by atoms with Crippen molar-refractivity contribution in [3.8, 4) is 16.9 Å². The molecule has 126 valence electrons. The highest BCUT2D eigenvalue weighted by Crippen LogP contribution is 2.45. The molecule has 0 saturated heterocycles. The van der Waals surface area contributed by atoms with E-state index in [1.165, 1.54) is 6.33 Å². The van der Waals surface area contributed by atoms with Crippen LogP contribution in [0.4, 0.5) is 5.82 Å². The number of rotatable bonds is 2. The number of hydrogen-bond donors (Lipinski definition) is 1. The molecule has 0 aliphatic rings. The number of anilines is 1. The first kappa shape index (κ1) is 17.0. The van der Waals surface area contributed by atoms with Crippen LogP contribution in [0.1, 0.15) is 20.8 Å². The van der Waals surface area contributed by atoms with Gasteiger partial charge in [-0.3, -0.25) is 0 Å². The molecule has 0 amide bonds. The highest BCUT2D eigenvalue weighted by atomic mass is 79.9. The summed E-state index contributed by atoms with van der Waals surface area (Å²) in [6.45, 7) is 6.31. The van der Waals surface area contributed by atoms with E-state index in [-0.39, 0.29) is 5.54 Å². The van der Waals surface area contributed by atoms with Gasteiger partial charge in [-0.1, -0.05) is 11.6 Å². The number of ether oxygens (including phenoxy) is 1. The maximum Gasteiger partial charge on any atom is 0.147 e. The first-order valence-corrected chi connectivity index (χ1v) is 8.57. The number of fused-ring (bicyclic) bond motifs is 1. The third-order valence-electron chi connectivity index (χ3n) is 3.83. The third-order valence-corrected chi connectivity index (χ3v) is 4.92. The number of hydrogen-bond acceptors (Lipinski definition) is 4. The van der Waals surface area contributed by atoms with E-state index < -0.39 is 0 Å². The molecule has 3 rings (SSSR count). The fourth-order valence-corrected chi connectivity index (χ4v) is 4.11. The van der Waals surface area contributed by atoms with Gasteiger partial charge >= 0.3 is 0 Å². The molecule has 24 heavy (non-hydrogen) atoms. The van der Waals surface area contributed by atoms with Gasteiger partial charge in [-0.25, -0.2) is 9.97 Å². The molecule has 0 fully saturated rings. The highest BCUT2D eigenvalue weighted by molar-refractivity contribution is 9.10. The summed E-state index contributed by atoms with van der Waals surface area (Å²) < 4.78 is 8.29. The van der Waals surface area contributed by atoms with Crippen molar-refractivity contribution in [2.24, 2.45) is 0 Å². The summed E-state index contributed by atoms with van der Waals surface area (Å²) in [5.74, 6) is 1.13. The minimum atomic E-state index is -0.207. The van der Waals surface area contributed by atoms with Gasteiger partial charge < -0.3 is 15.0 Å². The maximum atomic E-state index is 6.47. The molecule has 0 bridgehead atoms. The van der Waals surface area contributed by atoms with Crippen LogP contribution in [-0.4, -0.2) is 21.6 Å². The second-order valence-electron chi connectivity index (χ2n) is 6.48. The molecular formula is C17H18BrClN4O. The zero-order chi connectivity index (χ0) is 17.6. The van der Waals surface area contributed by atoms with Gasteiger partial charge in [0.2, 0.25) is 0 Å². The van der Waals surface area contributed by atoms with Gasteiger partial charge in [-0.05, 0) is 54.9 Å². The monoisotopic (exact) mass is 408 g/mol. The molecule has 0 aliphatic heterocycles. The van der Waals surface area contributed by atoms with E-state index in [9.17, 15) is 0 Å². The van der Waals surface area contributed by atoms with E-state index in [1.807, 2.05) is 18.2 Å². The third kappa shape index (κ3) is 2.63. The molecule has 2 heterocycles. The van der Waals surface area contributed by atoms with Gasteiger partial charge in [0.1, 0.15) is 23.5 Å². The van der Waals surface area contributed by atoms with Gasteiger partial charge in [0.15, 0.2) is 0 Å². The van der Waals surface area contributed by atoms with Crippen molar-refractivity contribution in [2.45, 2.75) is 26.3 Å². The molecule has 0 saturated carbocycles. The van der Waals surface area contributed by atoms with E-state index in [1.54, 1.807) is 7.11 Å². The first-order chi connectivity index (χ1) is 11.3. The minimum absolute atomic E-state index is 0.207. The molecular weight excluding hydrogens is 392 g/mol. The number of methoxy groups -OCH3 is 1. The Balaban J connectivity index is 2.48. The number of nitrogens with two attached hydrogens (primary N) is 1. The van der Waals surface area contributed by atoms with Crippen LogP contribution in [0.2, 0.25) is 5.02 Å². The normalized spacial score (nSPS) is 11.9. The summed E-state index contributed by atoms with van der Waals surface area (Å²) in [6, 6.07) is 5.52. The Morgan fingerprint density at radius 2 is 1.96 bits per heavy atom. The fraction of sp³-hybridized carbons (Fsp3) is 0.294. The van der Waals surface area contributed by atoms with Crippen molar-refractivity contribution in [1.29, 1.82) is 0 Å². The number of halogens is 2. The van der Waals surface area contributed by atoms with Crippen molar-refractivity contribution in [1.82, 2.24) is 14.5 Å². The molecule has 2 N–H and O–H groups in total. The van der Waals surface area contributed by atoms with E-state index in [0.29, 0.717) is 16.6 Å². The van der Waals surface area contributed by atoms with E-state index >= 15 is 0 Å². The van der Waals surface area contributed by atoms with Crippen LogP contribution in [-0.2, 0) is 5.54 Å². The molecule has 5 nitrogen and oxygen atoms in total. The largest absolute Gasteiger partial charge is 0.497 e. The molecule has 0 aliphatic carbocycles. The zero-order valence-corrected chi connectivity index (χ0v) is 16.2. The molecule has 0 radical (unpaired) electrons. The smallest absolute Gasteiger partial charge is 0.147 e. The van der Waals surface area contributed by atoms with Crippen LogP contribution < -0.4 is 10.5 Å². The number of nitrogen functional groups attached to an aromatic ring is 1. The van der Waals surface area contributed by atoms with Gasteiger partial charge in [-0.15, -0.1) is 0 Å². The lowest BCUT2D eigenvalue weighted by Crippen LogP contribution is -2.22. The number of nitrogens with zero attached hydrogens (tertiary/aromatic N) is 3. The lowest BCUT2D eigenvalue weighted by Gasteiger charge is -2.23. The Labute approximate surface area is 153 Å². The molecule has 7 heteroatoms. The predicted octanol–water partition coefficient (Wildman–Crippen LogP) is 4.86. The van der Waals surface area contributed by atoms with Crippen LogP contribution >= 0.6 is 27.5 Å². The van der Waals surface area contributed by atoms with Crippen LogP contribution in [0.3, 0.4) is 0 Å². The average Bonchev–Trinajstić information content (AvgIpc) is 2.81. The lowest BCUT2D eigenvalue weighted by atomic mass is 10.1. The SMILES string of the molecule is COc1ccc(Cl)c(-c2c(Br)n(C(C)(C)C)c3ncnc(N)c23)c1. The Hall–Kier alpha value is -1.79. The summed E-state index contributed by atoms with van der Waals surface area (Å²) >= 11 is 10.2. The molecule has 2 aromatic heterocycles. The first-order valence-electron chi connectivity index (χ1n) is 7.40. The summed E-state index contributed by atoms with van der Waals surface area (Å²) in [5.41, 5.74) is 8.41. The number of aromatic nitrogens is 3. The van der Waals surface area contributed by atoms with Crippen LogP contribution in [0.25, 0.3) is 22.2 Å². The standard InChI is InChI=1S/C17H18BrClN4O/c1-17(2,3)23-14(18)12(13-15(20)21-8-22-16(13)23)10-7-9(24-4)5-6-11(10)19/h5-8H,1-4H3,(H2,20,21,22). The lowest BCUT2D eigenvalue weighted by molar-refractivity contribution is 0.402. The molecule has 1 aromatic carbocycles. The van der Waals surface area contributed by atoms with E-state index in [0.717, 1.165) is 26.8 Å². The maximum absolute atomic E-state index is 6.47. The molecule has 0 spiro atoms. The second-order valence-corrected chi connectivity index (χ2v) is 7.63. The van der Waals surface area contributed by atoms with E-state index in [4.69, 9.17) is 22.1 Å². The van der Waals surface area contributed by atoms with Crippen LogP contribution in [0, 0.1) is 0 Å². The van der Waals surface area contributed by atoms with Gasteiger partial charge in [-0.2, -0.15) is 0 Å². The van der Waals surface area contributed by atoms with Crippen molar-refractivity contribution >= 4 is 44.4 Å².